The number of benzene rings is 1. The topological polar surface area (TPSA) is 65.2 Å². The van der Waals surface area contributed by atoms with Crippen molar-refractivity contribution in [3.63, 3.8) is 0 Å². The average molecular weight is 313 g/mol. The maximum absolute atomic E-state index is 12.5. The summed E-state index contributed by atoms with van der Waals surface area (Å²) in [5, 5.41) is 4.65. The zero-order valence-electron chi connectivity index (χ0n) is 13.6. The van der Waals surface area contributed by atoms with Crippen molar-refractivity contribution in [2.75, 3.05) is 7.05 Å². The Balaban J connectivity index is 1.84. The third kappa shape index (κ3) is 3.09. The van der Waals surface area contributed by atoms with Gasteiger partial charge in [0.1, 0.15) is 0 Å². The van der Waals surface area contributed by atoms with Gasteiger partial charge in [-0.25, -0.2) is 4.79 Å². The molecule has 5 heteroatoms. The van der Waals surface area contributed by atoms with Gasteiger partial charge in [-0.3, -0.25) is 4.79 Å². The molecule has 2 amide bonds. The number of H-pyrrole nitrogens is 1. The second-order valence-electron chi connectivity index (χ2n) is 6.34. The first-order chi connectivity index (χ1) is 11.1. The molecule has 0 radical (unpaired) electrons. The quantitative estimate of drug-likeness (QED) is 0.914. The zero-order chi connectivity index (χ0) is 16.4. The van der Waals surface area contributed by atoms with Crippen molar-refractivity contribution in [3.05, 3.63) is 46.4 Å². The van der Waals surface area contributed by atoms with Crippen LogP contribution in [0.15, 0.2) is 35.3 Å². The first kappa shape index (κ1) is 15.6. The van der Waals surface area contributed by atoms with Crippen LogP contribution in [0.25, 0.3) is 10.8 Å². The van der Waals surface area contributed by atoms with E-state index in [9.17, 15) is 9.59 Å². The van der Waals surface area contributed by atoms with Crippen molar-refractivity contribution in [3.8, 4) is 0 Å². The second-order valence-corrected chi connectivity index (χ2v) is 6.34. The lowest BCUT2D eigenvalue weighted by molar-refractivity contribution is 0.190. The van der Waals surface area contributed by atoms with Crippen molar-refractivity contribution in [1.29, 1.82) is 0 Å². The molecule has 1 aliphatic carbocycles. The molecule has 122 valence electrons. The number of aromatic amines is 1. The van der Waals surface area contributed by atoms with Gasteiger partial charge in [0.2, 0.25) is 0 Å². The summed E-state index contributed by atoms with van der Waals surface area (Å²) in [6.07, 6.45) is 6.23. The monoisotopic (exact) mass is 313 g/mol. The van der Waals surface area contributed by atoms with Crippen LogP contribution in [0.1, 0.15) is 44.2 Å². The van der Waals surface area contributed by atoms with Gasteiger partial charge in [0.05, 0.1) is 6.04 Å². The molecule has 1 atom stereocenters. The number of carbonyl (C=O) groups is 1. The predicted octanol–water partition coefficient (Wildman–Crippen LogP) is 3.17. The van der Waals surface area contributed by atoms with Gasteiger partial charge in [-0.05, 0) is 36.8 Å². The zero-order valence-corrected chi connectivity index (χ0v) is 13.6. The van der Waals surface area contributed by atoms with Crippen LogP contribution in [0.3, 0.4) is 0 Å². The Hall–Kier alpha value is -2.30. The number of rotatable bonds is 3. The van der Waals surface area contributed by atoms with Crippen LogP contribution >= 0.6 is 0 Å². The molecule has 0 unspecified atom stereocenters. The molecule has 23 heavy (non-hydrogen) atoms. The van der Waals surface area contributed by atoms with Crippen LogP contribution in [-0.2, 0) is 0 Å². The molecule has 0 spiro atoms. The summed E-state index contributed by atoms with van der Waals surface area (Å²) in [5.41, 5.74) is 0.846. The van der Waals surface area contributed by atoms with Crippen LogP contribution in [-0.4, -0.2) is 29.0 Å². The summed E-state index contributed by atoms with van der Waals surface area (Å²) in [5.74, 6) is 0. The lowest BCUT2D eigenvalue weighted by atomic mass is 10.0. The molecule has 1 aliphatic rings. The number of hydrogen-bond donors (Lipinski definition) is 2. The molecule has 2 aromatic rings. The minimum Gasteiger partial charge on any atom is -0.335 e. The summed E-state index contributed by atoms with van der Waals surface area (Å²) < 4.78 is 0. The Kier molecular flexibility index (Phi) is 4.37. The number of aromatic nitrogens is 1. The summed E-state index contributed by atoms with van der Waals surface area (Å²) >= 11 is 0. The highest BCUT2D eigenvalue weighted by molar-refractivity contribution is 5.85. The molecule has 1 heterocycles. The molecule has 0 bridgehead atoms. The highest BCUT2D eigenvalue weighted by Gasteiger charge is 2.23. The van der Waals surface area contributed by atoms with Crippen LogP contribution in [0.4, 0.5) is 4.79 Å². The predicted molar refractivity (Wildman–Crippen MR) is 91.5 cm³/mol. The first-order valence-electron chi connectivity index (χ1n) is 8.21. The normalized spacial score (nSPS) is 16.4. The molecule has 1 saturated carbocycles. The van der Waals surface area contributed by atoms with Crippen LogP contribution in [0.5, 0.6) is 0 Å². The number of urea groups is 1. The highest BCUT2D eigenvalue weighted by atomic mass is 16.2. The fourth-order valence-electron chi connectivity index (χ4n) is 3.31. The van der Waals surface area contributed by atoms with Gasteiger partial charge >= 0.3 is 6.03 Å². The van der Waals surface area contributed by atoms with E-state index in [-0.39, 0.29) is 17.6 Å². The Morgan fingerprint density at radius 3 is 2.61 bits per heavy atom. The van der Waals surface area contributed by atoms with E-state index in [0.717, 1.165) is 23.8 Å². The first-order valence-corrected chi connectivity index (χ1v) is 8.21. The molecule has 0 aliphatic heterocycles. The average Bonchev–Trinajstić information content (AvgIpc) is 3.07. The Labute approximate surface area is 135 Å². The van der Waals surface area contributed by atoms with Gasteiger partial charge in [0.15, 0.2) is 0 Å². The van der Waals surface area contributed by atoms with E-state index in [1.54, 1.807) is 18.1 Å². The molecule has 1 aromatic carbocycles. The van der Waals surface area contributed by atoms with E-state index in [1.807, 2.05) is 31.2 Å². The van der Waals surface area contributed by atoms with Crippen molar-refractivity contribution in [2.24, 2.45) is 0 Å². The minimum absolute atomic E-state index is 0.0559. The van der Waals surface area contributed by atoms with E-state index in [2.05, 4.69) is 10.3 Å². The van der Waals surface area contributed by atoms with Gasteiger partial charge in [-0.2, -0.15) is 0 Å². The maximum atomic E-state index is 12.5. The standard InChI is InChI=1S/C18H23N3O2/c1-12(21(2)18(23)20-13-7-3-4-8-13)16-11-19-17(22)15-10-6-5-9-14(15)16/h5-6,9-13H,3-4,7-8H2,1-2H3,(H,19,22)(H,20,23)/t12-/m1/s1. The van der Waals surface area contributed by atoms with Gasteiger partial charge in [0.25, 0.3) is 5.56 Å². The Bertz CT molecular complexity index is 762. The van der Waals surface area contributed by atoms with Crippen molar-refractivity contribution < 1.29 is 4.79 Å². The third-order valence-electron chi connectivity index (χ3n) is 4.88. The summed E-state index contributed by atoms with van der Waals surface area (Å²) in [6, 6.07) is 7.61. The molecule has 1 fully saturated rings. The van der Waals surface area contributed by atoms with Crippen molar-refractivity contribution in [2.45, 2.75) is 44.7 Å². The van der Waals surface area contributed by atoms with E-state index in [4.69, 9.17) is 0 Å². The fraction of sp³-hybridized carbons (Fsp3) is 0.444. The molecule has 3 rings (SSSR count). The van der Waals surface area contributed by atoms with Crippen LogP contribution in [0.2, 0.25) is 0 Å². The van der Waals surface area contributed by atoms with Crippen LogP contribution in [0, 0.1) is 0 Å². The van der Waals surface area contributed by atoms with Gasteiger partial charge < -0.3 is 15.2 Å². The maximum Gasteiger partial charge on any atom is 0.317 e. The number of pyridine rings is 1. The molecular weight excluding hydrogens is 290 g/mol. The van der Waals surface area contributed by atoms with E-state index in [1.165, 1.54) is 12.8 Å². The van der Waals surface area contributed by atoms with Gasteiger partial charge in [-0.15, -0.1) is 0 Å². The SMILES string of the molecule is C[C@H](c1c[nH]c(=O)c2ccccc12)N(C)C(=O)NC1CCCC1. The number of hydrogen-bond acceptors (Lipinski definition) is 2. The van der Waals surface area contributed by atoms with Crippen molar-refractivity contribution >= 4 is 16.8 Å². The molecule has 2 N–H and O–H groups in total. The molecule has 0 saturated heterocycles. The number of nitrogens with one attached hydrogen (secondary N) is 2. The largest absolute Gasteiger partial charge is 0.335 e. The van der Waals surface area contributed by atoms with Crippen molar-refractivity contribution in [1.82, 2.24) is 15.2 Å². The second kappa shape index (κ2) is 6.44. The summed E-state index contributed by atoms with van der Waals surface area (Å²) in [7, 11) is 1.80. The lowest BCUT2D eigenvalue weighted by Crippen LogP contribution is -2.43. The fourth-order valence-corrected chi connectivity index (χ4v) is 3.31. The molecule has 1 aromatic heterocycles. The number of nitrogens with zero attached hydrogens (tertiary/aromatic N) is 1. The minimum atomic E-state index is -0.127. The number of fused-ring (bicyclic) bond motifs is 1. The number of carbonyl (C=O) groups excluding carboxylic acids is 1. The van der Waals surface area contributed by atoms with E-state index in [0.29, 0.717) is 11.4 Å². The van der Waals surface area contributed by atoms with Gasteiger partial charge in [0, 0.05) is 24.7 Å². The van der Waals surface area contributed by atoms with E-state index < -0.39 is 0 Å². The highest BCUT2D eigenvalue weighted by Crippen LogP contribution is 2.25. The summed E-state index contributed by atoms with van der Waals surface area (Å²) in [6.45, 7) is 1.98. The summed E-state index contributed by atoms with van der Waals surface area (Å²) in [4.78, 5) is 28.9. The molecular formula is C18H23N3O2. The van der Waals surface area contributed by atoms with E-state index >= 15 is 0 Å². The van der Waals surface area contributed by atoms with Gasteiger partial charge in [-0.1, -0.05) is 31.0 Å². The molecule has 5 nitrogen and oxygen atoms in total. The third-order valence-corrected chi connectivity index (χ3v) is 4.88. The Morgan fingerprint density at radius 1 is 1.26 bits per heavy atom. The Morgan fingerprint density at radius 2 is 1.91 bits per heavy atom. The smallest absolute Gasteiger partial charge is 0.317 e. The lowest BCUT2D eigenvalue weighted by Gasteiger charge is -2.27. The van der Waals surface area contributed by atoms with Crippen LogP contribution < -0.4 is 10.9 Å². The number of amides is 2.